The summed E-state index contributed by atoms with van der Waals surface area (Å²) in [6.07, 6.45) is 19.6. The van der Waals surface area contributed by atoms with Crippen molar-refractivity contribution in [1.82, 2.24) is 0 Å². The zero-order valence-electron chi connectivity index (χ0n) is 36.7. The first-order valence-electron chi connectivity index (χ1n) is 23.6. The number of nitrogens with zero attached hydrogens (tertiary/aromatic N) is 1. The van der Waals surface area contributed by atoms with Crippen molar-refractivity contribution in [3.63, 3.8) is 0 Å². The number of allylic oxidation sites excluding steroid dienone is 9. The van der Waals surface area contributed by atoms with Crippen LogP contribution in [0, 0.1) is 11.8 Å². The lowest BCUT2D eigenvalue weighted by molar-refractivity contribution is 0.478. The molecule has 5 atom stereocenters. The summed E-state index contributed by atoms with van der Waals surface area (Å²) in [6.45, 7) is 2.34. The lowest BCUT2D eigenvalue weighted by Crippen LogP contribution is -2.31. The van der Waals surface area contributed by atoms with Gasteiger partial charge in [-0.15, -0.1) is 0 Å². The number of rotatable bonds is 3. The SMILES string of the molecule is CC1CC=C2/C(=C(/C3=CC(c4ccccc4)CC=C3)N=C1c1cccc3c1oc1ccccc13)CC1=CC3C(C=C1)c1cc4ccccc4cc1NC3c1ccc3c(oc4ccccc43)c12. The smallest absolute Gasteiger partial charge is 0.144 e. The van der Waals surface area contributed by atoms with Crippen LogP contribution in [-0.4, -0.2) is 5.71 Å². The van der Waals surface area contributed by atoms with Crippen LogP contribution in [0.3, 0.4) is 0 Å². The van der Waals surface area contributed by atoms with E-state index in [1.165, 1.54) is 55.4 Å². The summed E-state index contributed by atoms with van der Waals surface area (Å²) in [4.78, 5) is 6.06. The van der Waals surface area contributed by atoms with Crippen molar-refractivity contribution in [3.8, 4) is 0 Å². The number of aliphatic imine (C=N–C) groups is 1. The first kappa shape index (κ1) is 37.7. The molecule has 4 heterocycles. The number of nitrogens with one attached hydrogen (secondary N) is 1. The van der Waals surface area contributed by atoms with Gasteiger partial charge in [0.05, 0.1) is 17.5 Å². The molecule has 5 unspecified atom stereocenters. The number of para-hydroxylation sites is 3. The van der Waals surface area contributed by atoms with E-state index in [4.69, 9.17) is 13.8 Å². The Hall–Kier alpha value is -7.69. The zero-order valence-corrected chi connectivity index (χ0v) is 36.7. The Labute approximate surface area is 383 Å². The second kappa shape index (κ2) is 14.7. The highest BCUT2D eigenvalue weighted by Gasteiger charge is 2.41. The molecule has 0 saturated heterocycles. The Balaban J connectivity index is 1.07. The van der Waals surface area contributed by atoms with Crippen molar-refractivity contribution in [2.75, 3.05) is 5.32 Å². The average molecular weight is 851 g/mol. The highest BCUT2D eigenvalue weighted by Crippen LogP contribution is 2.55. The Morgan fingerprint density at radius 3 is 2.20 bits per heavy atom. The molecule has 7 aromatic carbocycles. The topological polar surface area (TPSA) is 50.7 Å². The van der Waals surface area contributed by atoms with E-state index >= 15 is 0 Å². The van der Waals surface area contributed by atoms with Gasteiger partial charge in [0.2, 0.25) is 0 Å². The lowest BCUT2D eigenvalue weighted by atomic mass is 9.71. The molecule has 0 radical (unpaired) electrons. The van der Waals surface area contributed by atoms with Gasteiger partial charge in [-0.2, -0.15) is 0 Å². The molecule has 9 aromatic rings. The molecule has 316 valence electrons. The van der Waals surface area contributed by atoms with Gasteiger partial charge in [0, 0.05) is 62.0 Å². The van der Waals surface area contributed by atoms with Crippen LogP contribution < -0.4 is 5.32 Å². The van der Waals surface area contributed by atoms with Gasteiger partial charge in [0.1, 0.15) is 22.3 Å². The molecule has 0 amide bonds. The Kier molecular flexibility index (Phi) is 8.37. The summed E-state index contributed by atoms with van der Waals surface area (Å²) >= 11 is 0. The van der Waals surface area contributed by atoms with Crippen LogP contribution in [0.5, 0.6) is 0 Å². The minimum Gasteiger partial charge on any atom is -0.455 e. The van der Waals surface area contributed by atoms with Crippen LogP contribution in [0.2, 0.25) is 0 Å². The first-order valence-corrected chi connectivity index (χ1v) is 23.6. The third kappa shape index (κ3) is 5.80. The summed E-state index contributed by atoms with van der Waals surface area (Å²) in [5.41, 5.74) is 17.9. The molecule has 4 nitrogen and oxygen atoms in total. The fourth-order valence-electron chi connectivity index (χ4n) is 11.9. The average Bonchev–Trinajstić information content (AvgIpc) is 3.95. The van der Waals surface area contributed by atoms with Gasteiger partial charge in [-0.3, -0.25) is 4.99 Å². The molecule has 3 aliphatic carbocycles. The van der Waals surface area contributed by atoms with Crippen molar-refractivity contribution in [1.29, 1.82) is 0 Å². The van der Waals surface area contributed by atoms with E-state index < -0.39 is 0 Å². The van der Waals surface area contributed by atoms with Gasteiger partial charge in [-0.25, -0.2) is 0 Å². The first-order chi connectivity index (χ1) is 32.6. The summed E-state index contributed by atoms with van der Waals surface area (Å²) in [5, 5.41) is 11.2. The second-order valence-electron chi connectivity index (χ2n) is 18.9. The van der Waals surface area contributed by atoms with Crippen LogP contribution >= 0.6 is 0 Å². The molecule has 2 bridgehead atoms. The van der Waals surface area contributed by atoms with Gasteiger partial charge in [-0.05, 0) is 99.3 Å². The Morgan fingerprint density at radius 1 is 0.636 bits per heavy atom. The number of hydrogen-bond acceptors (Lipinski definition) is 4. The molecular formula is C62H46N2O2. The maximum atomic E-state index is 7.13. The minimum absolute atomic E-state index is 0.0104. The van der Waals surface area contributed by atoms with Crippen molar-refractivity contribution in [2.24, 2.45) is 16.8 Å². The molecule has 14 rings (SSSR count). The standard InChI is InChI=1S/C62H46N2O2/c1-36-25-27-46-53(59(42-18-11-17-39(33-42)38-13-3-2-4-14-38)64-58(36)50-22-12-21-47-44-19-7-9-23-55(44)65-61(47)50)32-37-26-28-43-51-34-40-15-5-6-16-41(40)35-54(51)63-60(52(43)31-37)49-30-29-48-45-20-8-10-24-56(45)66-62(48)57(46)49/h2-16,18-24,26-31,33-36,39,43,52,60,63H,17,25,32H2,1H3/b46-27?,59-53-,64-58?. The van der Waals surface area contributed by atoms with Crippen LogP contribution in [0.1, 0.15) is 71.9 Å². The van der Waals surface area contributed by atoms with Crippen molar-refractivity contribution in [2.45, 2.75) is 44.1 Å². The van der Waals surface area contributed by atoms with Crippen LogP contribution in [-0.2, 0) is 0 Å². The third-order valence-corrected chi connectivity index (χ3v) is 15.1. The number of fused-ring (bicyclic) bond motifs is 14. The summed E-state index contributed by atoms with van der Waals surface area (Å²) in [6, 6.07) is 52.7. The Morgan fingerprint density at radius 2 is 1.36 bits per heavy atom. The molecule has 0 saturated carbocycles. The highest BCUT2D eigenvalue weighted by atomic mass is 16.3. The fraction of sp³-hybridized carbons (Fsp3) is 0.145. The van der Waals surface area contributed by atoms with Gasteiger partial charge < -0.3 is 14.2 Å². The summed E-state index contributed by atoms with van der Waals surface area (Å²) in [5.74, 6) is 0.658. The third-order valence-electron chi connectivity index (χ3n) is 15.1. The molecule has 2 aliphatic heterocycles. The maximum Gasteiger partial charge on any atom is 0.144 e. The number of anilines is 1. The monoisotopic (exact) mass is 850 g/mol. The summed E-state index contributed by atoms with van der Waals surface area (Å²) < 4.78 is 13.9. The summed E-state index contributed by atoms with van der Waals surface area (Å²) in [7, 11) is 0. The van der Waals surface area contributed by atoms with E-state index in [2.05, 4.69) is 200 Å². The molecule has 5 aliphatic rings. The predicted molar refractivity (Wildman–Crippen MR) is 272 cm³/mol. The van der Waals surface area contributed by atoms with Crippen LogP contribution in [0.15, 0.2) is 224 Å². The van der Waals surface area contributed by atoms with Gasteiger partial charge in [-0.1, -0.05) is 165 Å². The zero-order chi connectivity index (χ0) is 43.5. The van der Waals surface area contributed by atoms with Crippen molar-refractivity contribution >= 4 is 71.6 Å². The quantitative estimate of drug-likeness (QED) is 0.193. The van der Waals surface area contributed by atoms with E-state index in [-0.39, 0.29) is 29.7 Å². The fourth-order valence-corrected chi connectivity index (χ4v) is 11.9. The normalized spacial score (nSPS) is 23.4. The molecular weight excluding hydrogens is 805 g/mol. The number of benzene rings is 7. The maximum absolute atomic E-state index is 7.13. The van der Waals surface area contributed by atoms with Crippen molar-refractivity contribution < 1.29 is 8.83 Å². The van der Waals surface area contributed by atoms with E-state index in [9.17, 15) is 0 Å². The Bertz CT molecular complexity index is 3750. The lowest BCUT2D eigenvalue weighted by Gasteiger charge is -2.41. The van der Waals surface area contributed by atoms with Gasteiger partial charge >= 0.3 is 0 Å². The molecule has 4 heteroatoms. The molecule has 1 N–H and O–H groups in total. The minimum atomic E-state index is -0.0104. The largest absolute Gasteiger partial charge is 0.455 e. The van der Waals surface area contributed by atoms with Crippen LogP contribution in [0.4, 0.5) is 5.69 Å². The molecule has 2 aromatic heterocycles. The second-order valence-corrected chi connectivity index (χ2v) is 18.9. The van der Waals surface area contributed by atoms with E-state index in [1.54, 1.807) is 0 Å². The highest BCUT2D eigenvalue weighted by molar-refractivity contribution is 6.17. The van der Waals surface area contributed by atoms with E-state index in [0.29, 0.717) is 0 Å². The van der Waals surface area contributed by atoms with Crippen molar-refractivity contribution in [3.05, 3.63) is 238 Å². The molecule has 66 heavy (non-hydrogen) atoms. The predicted octanol–water partition coefficient (Wildman–Crippen LogP) is 16.2. The van der Waals surface area contributed by atoms with E-state index in [0.717, 1.165) is 85.7 Å². The van der Waals surface area contributed by atoms with E-state index in [1.807, 2.05) is 0 Å². The molecule has 0 spiro atoms. The van der Waals surface area contributed by atoms with Gasteiger partial charge in [0.15, 0.2) is 0 Å². The number of furan rings is 2. The number of hydrogen-bond donors (Lipinski definition) is 1. The van der Waals surface area contributed by atoms with Crippen LogP contribution in [0.25, 0.3) is 60.2 Å². The molecule has 0 fully saturated rings. The van der Waals surface area contributed by atoms with Gasteiger partial charge in [0.25, 0.3) is 0 Å².